The van der Waals surface area contributed by atoms with Gasteiger partial charge in [-0.25, -0.2) is 9.18 Å². The third kappa shape index (κ3) is 6.00. The Bertz CT molecular complexity index is 1850. The van der Waals surface area contributed by atoms with E-state index < -0.39 is 52.6 Å². The molecule has 242 valence electrons. The number of halogens is 4. The Morgan fingerprint density at radius 2 is 1.67 bits per heavy atom. The van der Waals surface area contributed by atoms with Gasteiger partial charge in [-0.2, -0.15) is 13.2 Å². The normalized spacial score (nSPS) is 16.8. The summed E-state index contributed by atoms with van der Waals surface area (Å²) in [5, 5.41) is 0. The number of likely N-dealkylation sites (tertiary alicyclic amines) is 1. The molecule has 12 heteroatoms. The Hall–Kier alpha value is -4.26. The number of methoxy groups -OCH3 is 1. The summed E-state index contributed by atoms with van der Waals surface area (Å²) >= 11 is 0. The summed E-state index contributed by atoms with van der Waals surface area (Å²) in [7, 11) is 1.61. The van der Waals surface area contributed by atoms with Gasteiger partial charge in [-0.1, -0.05) is 48.5 Å². The van der Waals surface area contributed by atoms with Crippen LogP contribution in [0.2, 0.25) is 0 Å². The maximum absolute atomic E-state index is 15.0. The minimum Gasteiger partial charge on any atom is -0.497 e. The maximum Gasteiger partial charge on any atom is 0.416 e. The number of aromatic nitrogens is 2. The van der Waals surface area contributed by atoms with E-state index in [1.807, 2.05) is 24.3 Å². The smallest absolute Gasteiger partial charge is 0.416 e. The maximum atomic E-state index is 15.0. The molecule has 1 fully saturated rings. The predicted molar refractivity (Wildman–Crippen MR) is 163 cm³/mol. The highest BCUT2D eigenvalue weighted by molar-refractivity contribution is 5.35. The van der Waals surface area contributed by atoms with E-state index in [1.165, 1.54) is 0 Å². The summed E-state index contributed by atoms with van der Waals surface area (Å²) in [6.07, 6.45) is -4.03. The molecular formula is C34H34F4N4O4. The minimum atomic E-state index is -4.86. The number of hydrogen-bond donors (Lipinski definition) is 1. The van der Waals surface area contributed by atoms with Gasteiger partial charge in [0.15, 0.2) is 0 Å². The molecular weight excluding hydrogens is 604 g/mol. The van der Waals surface area contributed by atoms with Crippen molar-refractivity contribution < 1.29 is 27.0 Å². The summed E-state index contributed by atoms with van der Waals surface area (Å²) in [5.41, 5.74) is 4.14. The van der Waals surface area contributed by atoms with Crippen molar-refractivity contribution in [3.63, 3.8) is 0 Å². The molecule has 0 radical (unpaired) electrons. The van der Waals surface area contributed by atoms with Crippen LogP contribution in [0, 0.1) is 5.82 Å². The quantitative estimate of drug-likeness (QED) is 0.275. The van der Waals surface area contributed by atoms with Gasteiger partial charge >= 0.3 is 11.9 Å². The highest BCUT2D eigenvalue weighted by Gasteiger charge is 2.47. The van der Waals surface area contributed by atoms with Crippen molar-refractivity contribution in [1.82, 2.24) is 14.0 Å². The van der Waals surface area contributed by atoms with E-state index in [0.29, 0.717) is 38.0 Å². The van der Waals surface area contributed by atoms with Crippen LogP contribution in [0.3, 0.4) is 0 Å². The van der Waals surface area contributed by atoms with Gasteiger partial charge in [0.2, 0.25) is 0 Å². The van der Waals surface area contributed by atoms with Gasteiger partial charge in [-0.15, -0.1) is 0 Å². The van der Waals surface area contributed by atoms with E-state index in [-0.39, 0.29) is 24.4 Å². The fourth-order valence-corrected chi connectivity index (χ4v) is 6.59. The van der Waals surface area contributed by atoms with E-state index >= 15 is 4.39 Å². The van der Waals surface area contributed by atoms with Crippen molar-refractivity contribution in [3.05, 3.63) is 133 Å². The summed E-state index contributed by atoms with van der Waals surface area (Å²) in [4.78, 5) is 30.4. The molecule has 1 unspecified atom stereocenters. The predicted octanol–water partition coefficient (Wildman–Crippen LogP) is 4.95. The van der Waals surface area contributed by atoms with Gasteiger partial charge in [-0.3, -0.25) is 18.8 Å². The van der Waals surface area contributed by atoms with Gasteiger partial charge in [0.25, 0.3) is 5.56 Å². The second kappa shape index (κ2) is 12.5. The van der Waals surface area contributed by atoms with Crippen molar-refractivity contribution in [2.24, 2.45) is 5.73 Å². The van der Waals surface area contributed by atoms with Crippen LogP contribution in [-0.2, 0) is 42.8 Å². The van der Waals surface area contributed by atoms with Crippen molar-refractivity contribution in [3.8, 4) is 5.75 Å². The lowest BCUT2D eigenvalue weighted by Gasteiger charge is -2.39. The van der Waals surface area contributed by atoms with Gasteiger partial charge in [0.1, 0.15) is 17.2 Å². The molecule has 8 nitrogen and oxygen atoms in total. The van der Waals surface area contributed by atoms with Crippen LogP contribution in [0.15, 0.2) is 82.4 Å². The summed E-state index contributed by atoms with van der Waals surface area (Å²) in [6.45, 7) is 0.635. The molecule has 1 aromatic heterocycles. The number of fused-ring (bicyclic) bond motifs is 2. The standard InChI is InChI=1S/C34H34F4N4O4/c1-45-24-10-5-7-22(17-24)18-40-15-13-33(14-16-40)30-29(21-46-33)41(19-25-26(34(36,37)38)11-6-12-27(25)35)32(44)42(31(30)43)20-28(39)23-8-3-2-4-9-23/h2-12,17,28H,13-16,18-21,39H2,1H3. The van der Waals surface area contributed by atoms with Crippen molar-refractivity contribution in [1.29, 1.82) is 0 Å². The number of hydrogen-bond acceptors (Lipinski definition) is 6. The van der Waals surface area contributed by atoms with Crippen molar-refractivity contribution in [2.45, 2.75) is 56.9 Å². The molecule has 0 amide bonds. The largest absolute Gasteiger partial charge is 0.497 e. The molecule has 6 rings (SSSR count). The molecule has 2 aliphatic heterocycles. The Kier molecular flexibility index (Phi) is 8.62. The molecule has 2 N–H and O–H groups in total. The molecule has 1 spiro atoms. The van der Waals surface area contributed by atoms with Crippen LogP contribution >= 0.6 is 0 Å². The Labute approximate surface area is 262 Å². The van der Waals surface area contributed by atoms with Gasteiger partial charge < -0.3 is 15.2 Å². The Morgan fingerprint density at radius 3 is 2.37 bits per heavy atom. The average Bonchev–Trinajstić information content (AvgIpc) is 3.41. The summed E-state index contributed by atoms with van der Waals surface area (Å²) in [5.74, 6) is -0.358. The van der Waals surface area contributed by atoms with Crippen LogP contribution in [0.1, 0.15) is 52.4 Å². The zero-order chi connectivity index (χ0) is 32.6. The Morgan fingerprint density at radius 1 is 0.957 bits per heavy atom. The molecule has 3 heterocycles. The highest BCUT2D eigenvalue weighted by Crippen LogP contribution is 2.43. The molecule has 1 saturated heterocycles. The van der Waals surface area contributed by atoms with Crippen molar-refractivity contribution in [2.75, 3.05) is 20.2 Å². The van der Waals surface area contributed by atoms with E-state index in [1.54, 1.807) is 37.4 Å². The highest BCUT2D eigenvalue weighted by atomic mass is 19.4. The lowest BCUT2D eigenvalue weighted by molar-refractivity contribution is -0.138. The van der Waals surface area contributed by atoms with Gasteiger partial charge in [-0.05, 0) is 48.2 Å². The Balaban J connectivity index is 1.40. The van der Waals surface area contributed by atoms with Gasteiger partial charge in [0.05, 0.1) is 43.6 Å². The fourth-order valence-electron chi connectivity index (χ4n) is 6.59. The number of piperidine rings is 1. The van der Waals surface area contributed by atoms with Crippen LogP contribution in [0.5, 0.6) is 5.75 Å². The van der Waals surface area contributed by atoms with E-state index in [0.717, 1.165) is 38.6 Å². The fraction of sp³-hybridized carbons (Fsp3) is 0.353. The molecule has 0 aliphatic carbocycles. The monoisotopic (exact) mass is 638 g/mol. The summed E-state index contributed by atoms with van der Waals surface area (Å²) < 4.78 is 70.6. The molecule has 2 aliphatic rings. The first-order valence-electron chi connectivity index (χ1n) is 15.0. The molecule has 4 aromatic rings. The van der Waals surface area contributed by atoms with Crippen LogP contribution < -0.4 is 21.7 Å². The first-order chi connectivity index (χ1) is 22.0. The molecule has 1 atom stereocenters. The van der Waals surface area contributed by atoms with E-state index in [4.69, 9.17) is 15.2 Å². The number of nitrogens with zero attached hydrogens (tertiary/aromatic N) is 3. The average molecular weight is 639 g/mol. The lowest BCUT2D eigenvalue weighted by Crippen LogP contribution is -2.49. The number of rotatable bonds is 8. The SMILES string of the molecule is COc1cccc(CN2CCC3(CC2)OCc2c3c(=O)n(CC(N)c3ccccc3)c(=O)n2Cc2c(F)cccc2C(F)(F)F)c1. The zero-order valence-corrected chi connectivity index (χ0v) is 25.2. The molecule has 0 saturated carbocycles. The third-order valence-electron chi connectivity index (χ3n) is 9.03. The molecule has 0 bridgehead atoms. The number of ether oxygens (including phenoxy) is 2. The third-order valence-corrected chi connectivity index (χ3v) is 9.03. The number of nitrogens with two attached hydrogens (primary N) is 1. The van der Waals surface area contributed by atoms with Crippen molar-refractivity contribution >= 4 is 0 Å². The molecule has 46 heavy (non-hydrogen) atoms. The minimum absolute atomic E-state index is 0.164. The topological polar surface area (TPSA) is 91.7 Å². The zero-order valence-electron chi connectivity index (χ0n) is 25.2. The van der Waals surface area contributed by atoms with E-state index in [2.05, 4.69) is 4.90 Å². The van der Waals surface area contributed by atoms with Crippen LogP contribution in [0.25, 0.3) is 0 Å². The second-order valence-corrected chi connectivity index (χ2v) is 11.8. The summed E-state index contributed by atoms with van der Waals surface area (Å²) in [6, 6.07) is 18.5. The number of benzene rings is 3. The second-order valence-electron chi connectivity index (χ2n) is 11.8. The van der Waals surface area contributed by atoms with Gasteiger partial charge in [0, 0.05) is 31.2 Å². The van der Waals surface area contributed by atoms with Crippen LogP contribution in [-0.4, -0.2) is 34.2 Å². The van der Waals surface area contributed by atoms with Crippen LogP contribution in [0.4, 0.5) is 17.6 Å². The first kappa shape index (κ1) is 31.7. The van der Waals surface area contributed by atoms with E-state index in [9.17, 15) is 22.8 Å². The lowest BCUT2D eigenvalue weighted by atomic mass is 9.85. The number of alkyl halides is 3. The first-order valence-corrected chi connectivity index (χ1v) is 15.0. The molecule has 3 aromatic carbocycles.